The van der Waals surface area contributed by atoms with Gasteiger partial charge in [0.05, 0.1) is 0 Å². The Kier molecular flexibility index (Phi) is 5.79. The number of nitrogens with one attached hydrogen (secondary N) is 1. The zero-order valence-corrected chi connectivity index (χ0v) is 15.8. The summed E-state index contributed by atoms with van der Waals surface area (Å²) in [6.07, 6.45) is 1.29. The molecule has 1 atom stereocenters. The van der Waals surface area contributed by atoms with E-state index in [9.17, 15) is 4.79 Å². The first-order valence-electron chi connectivity index (χ1n) is 9.18. The highest BCUT2D eigenvalue weighted by atomic mass is 16.5. The van der Waals surface area contributed by atoms with E-state index in [1.54, 1.807) is 6.92 Å². The summed E-state index contributed by atoms with van der Waals surface area (Å²) in [5.41, 5.74) is -0.0451. The molecule has 2 aromatic rings. The van der Waals surface area contributed by atoms with Gasteiger partial charge in [-0.2, -0.15) is 0 Å². The van der Waals surface area contributed by atoms with Gasteiger partial charge in [0, 0.05) is 25.3 Å². The minimum absolute atomic E-state index is 0.0451. The van der Waals surface area contributed by atoms with E-state index in [-0.39, 0.29) is 11.4 Å². The fourth-order valence-corrected chi connectivity index (χ4v) is 3.43. The Bertz CT molecular complexity index is 754. The number of carbonyl (C=O) groups is 1. The first kappa shape index (κ1) is 18.7. The molecule has 5 heteroatoms. The van der Waals surface area contributed by atoms with Crippen LogP contribution in [0, 0.1) is 0 Å². The summed E-state index contributed by atoms with van der Waals surface area (Å²) in [6, 6.07) is 14.0. The highest BCUT2D eigenvalue weighted by Gasteiger charge is 2.35. The Morgan fingerprint density at radius 1 is 1.19 bits per heavy atom. The van der Waals surface area contributed by atoms with Crippen LogP contribution in [0.4, 0.5) is 0 Å². The Morgan fingerprint density at radius 3 is 2.58 bits per heavy atom. The molecule has 0 bridgehead atoms. The van der Waals surface area contributed by atoms with Crippen molar-refractivity contribution >= 4 is 16.7 Å². The van der Waals surface area contributed by atoms with Gasteiger partial charge in [-0.25, -0.2) is 0 Å². The molecule has 1 N–H and O–H groups in total. The van der Waals surface area contributed by atoms with E-state index in [2.05, 4.69) is 30.4 Å². The SMILES string of the molecule is CC(Oc1ccc2ccccc2c1)C(=O)NCC1(N(C)C)CCOCC1. The van der Waals surface area contributed by atoms with Crippen molar-refractivity contribution in [3.63, 3.8) is 0 Å². The highest BCUT2D eigenvalue weighted by molar-refractivity contribution is 5.84. The summed E-state index contributed by atoms with van der Waals surface area (Å²) in [5.74, 6) is 0.616. The summed E-state index contributed by atoms with van der Waals surface area (Å²) in [6.45, 7) is 3.86. The van der Waals surface area contributed by atoms with Crippen LogP contribution in [-0.4, -0.2) is 56.3 Å². The van der Waals surface area contributed by atoms with Crippen molar-refractivity contribution in [2.75, 3.05) is 33.9 Å². The Morgan fingerprint density at radius 2 is 1.88 bits per heavy atom. The summed E-state index contributed by atoms with van der Waals surface area (Å²) in [7, 11) is 4.12. The standard InChI is InChI=1S/C21H28N2O3/c1-16(26-19-9-8-17-6-4-5-7-18(17)14-19)20(24)22-15-21(23(2)3)10-12-25-13-11-21/h4-9,14,16H,10-13,15H2,1-3H3,(H,22,24). The fourth-order valence-electron chi connectivity index (χ4n) is 3.43. The van der Waals surface area contributed by atoms with Crippen LogP contribution >= 0.6 is 0 Å². The number of ether oxygens (including phenoxy) is 2. The molecule has 1 unspecified atom stereocenters. The van der Waals surface area contributed by atoms with E-state index < -0.39 is 6.10 Å². The van der Waals surface area contributed by atoms with Crippen molar-refractivity contribution < 1.29 is 14.3 Å². The largest absolute Gasteiger partial charge is 0.481 e. The van der Waals surface area contributed by atoms with Crippen molar-refractivity contribution in [3.05, 3.63) is 42.5 Å². The summed E-state index contributed by atoms with van der Waals surface area (Å²) in [4.78, 5) is 14.7. The minimum atomic E-state index is -0.546. The molecule has 0 aliphatic carbocycles. The fraction of sp³-hybridized carbons (Fsp3) is 0.476. The molecule has 0 spiro atoms. The van der Waals surface area contributed by atoms with Crippen LogP contribution in [0.25, 0.3) is 10.8 Å². The number of amides is 1. The highest BCUT2D eigenvalue weighted by Crippen LogP contribution is 2.25. The van der Waals surface area contributed by atoms with Gasteiger partial charge in [0.2, 0.25) is 0 Å². The third-order valence-electron chi connectivity index (χ3n) is 5.37. The van der Waals surface area contributed by atoms with E-state index in [0.29, 0.717) is 12.3 Å². The van der Waals surface area contributed by atoms with E-state index in [0.717, 1.165) is 36.8 Å². The van der Waals surface area contributed by atoms with Crippen LogP contribution in [0.3, 0.4) is 0 Å². The van der Waals surface area contributed by atoms with Gasteiger partial charge in [0.15, 0.2) is 6.10 Å². The molecular formula is C21H28N2O3. The van der Waals surface area contributed by atoms with Crippen LogP contribution < -0.4 is 10.1 Å². The van der Waals surface area contributed by atoms with Crippen LogP contribution in [0.15, 0.2) is 42.5 Å². The first-order valence-corrected chi connectivity index (χ1v) is 9.18. The molecular weight excluding hydrogens is 328 g/mol. The molecule has 2 aromatic carbocycles. The van der Waals surface area contributed by atoms with Gasteiger partial charge in [-0.05, 0) is 56.8 Å². The quantitative estimate of drug-likeness (QED) is 0.865. The van der Waals surface area contributed by atoms with Gasteiger partial charge in [0.1, 0.15) is 5.75 Å². The molecule has 26 heavy (non-hydrogen) atoms. The molecule has 3 rings (SSSR count). The number of hydrogen-bond acceptors (Lipinski definition) is 4. The molecule has 0 radical (unpaired) electrons. The molecule has 1 aliphatic rings. The van der Waals surface area contributed by atoms with E-state index in [1.807, 2.05) is 36.4 Å². The Balaban J connectivity index is 1.60. The van der Waals surface area contributed by atoms with Gasteiger partial charge >= 0.3 is 0 Å². The second-order valence-electron chi connectivity index (χ2n) is 7.22. The van der Waals surface area contributed by atoms with Gasteiger partial charge in [0.25, 0.3) is 5.91 Å². The summed E-state index contributed by atoms with van der Waals surface area (Å²) >= 11 is 0. The van der Waals surface area contributed by atoms with Crippen molar-refractivity contribution in [1.29, 1.82) is 0 Å². The summed E-state index contributed by atoms with van der Waals surface area (Å²) < 4.78 is 11.3. The van der Waals surface area contributed by atoms with Crippen molar-refractivity contribution in [3.8, 4) is 5.75 Å². The maximum absolute atomic E-state index is 12.5. The van der Waals surface area contributed by atoms with Crippen LogP contribution in [0.1, 0.15) is 19.8 Å². The Labute approximate surface area is 155 Å². The monoisotopic (exact) mass is 356 g/mol. The van der Waals surface area contributed by atoms with Crippen molar-refractivity contribution in [1.82, 2.24) is 10.2 Å². The number of hydrogen-bond donors (Lipinski definition) is 1. The average Bonchev–Trinajstić information content (AvgIpc) is 2.66. The molecule has 0 aromatic heterocycles. The van der Waals surface area contributed by atoms with Crippen molar-refractivity contribution in [2.24, 2.45) is 0 Å². The second kappa shape index (κ2) is 8.06. The van der Waals surface area contributed by atoms with E-state index in [1.165, 1.54) is 0 Å². The molecule has 140 valence electrons. The maximum Gasteiger partial charge on any atom is 0.260 e. The third kappa shape index (κ3) is 4.17. The molecule has 1 aliphatic heterocycles. The normalized spacial score (nSPS) is 17.8. The molecule has 1 amide bonds. The number of carbonyl (C=O) groups excluding carboxylic acids is 1. The van der Waals surface area contributed by atoms with Gasteiger partial charge in [-0.1, -0.05) is 30.3 Å². The van der Waals surface area contributed by atoms with Crippen LogP contribution in [-0.2, 0) is 9.53 Å². The average molecular weight is 356 g/mol. The number of rotatable bonds is 6. The molecule has 1 fully saturated rings. The number of nitrogens with zero attached hydrogens (tertiary/aromatic N) is 1. The van der Waals surface area contributed by atoms with E-state index in [4.69, 9.17) is 9.47 Å². The maximum atomic E-state index is 12.5. The molecule has 1 saturated heterocycles. The number of fused-ring (bicyclic) bond motifs is 1. The molecule has 5 nitrogen and oxygen atoms in total. The lowest BCUT2D eigenvalue weighted by Crippen LogP contribution is -2.56. The lowest BCUT2D eigenvalue weighted by Gasteiger charge is -2.43. The minimum Gasteiger partial charge on any atom is -0.481 e. The Hall–Kier alpha value is -2.11. The smallest absolute Gasteiger partial charge is 0.260 e. The van der Waals surface area contributed by atoms with Crippen LogP contribution in [0.5, 0.6) is 5.75 Å². The van der Waals surface area contributed by atoms with E-state index >= 15 is 0 Å². The lowest BCUT2D eigenvalue weighted by atomic mass is 9.88. The predicted molar refractivity (Wildman–Crippen MR) is 104 cm³/mol. The molecule has 0 saturated carbocycles. The zero-order valence-electron chi connectivity index (χ0n) is 15.8. The van der Waals surface area contributed by atoms with Gasteiger partial charge in [-0.3, -0.25) is 4.79 Å². The van der Waals surface area contributed by atoms with Gasteiger partial charge < -0.3 is 19.7 Å². The number of benzene rings is 2. The molecule has 1 heterocycles. The number of likely N-dealkylation sites (N-methyl/N-ethyl adjacent to an activating group) is 1. The third-order valence-corrected chi connectivity index (χ3v) is 5.37. The topological polar surface area (TPSA) is 50.8 Å². The zero-order chi connectivity index (χ0) is 18.6. The summed E-state index contributed by atoms with van der Waals surface area (Å²) in [5, 5.41) is 5.33. The lowest BCUT2D eigenvalue weighted by molar-refractivity contribution is -0.128. The first-order chi connectivity index (χ1) is 12.5. The van der Waals surface area contributed by atoms with Crippen molar-refractivity contribution in [2.45, 2.75) is 31.4 Å². The van der Waals surface area contributed by atoms with Gasteiger partial charge in [-0.15, -0.1) is 0 Å². The van der Waals surface area contributed by atoms with Crippen LogP contribution in [0.2, 0.25) is 0 Å². The second-order valence-corrected chi connectivity index (χ2v) is 7.22. The predicted octanol–water partition coefficient (Wildman–Crippen LogP) is 2.83.